The SMILES string of the molecule is CCOc1ccccc1CNS(=O)(=O)c1ccccc1F. The van der Waals surface area contributed by atoms with E-state index in [1.807, 2.05) is 6.92 Å². The number of nitrogens with one attached hydrogen (secondary N) is 1. The molecule has 2 aromatic carbocycles. The van der Waals surface area contributed by atoms with Crippen LogP contribution in [-0.4, -0.2) is 15.0 Å². The first-order chi connectivity index (χ1) is 10.0. The first kappa shape index (κ1) is 15.5. The molecule has 0 aromatic heterocycles. The van der Waals surface area contributed by atoms with E-state index in [0.29, 0.717) is 17.9 Å². The summed E-state index contributed by atoms with van der Waals surface area (Å²) in [5.41, 5.74) is 0.694. The summed E-state index contributed by atoms with van der Waals surface area (Å²) >= 11 is 0. The van der Waals surface area contributed by atoms with Gasteiger partial charge in [-0.05, 0) is 25.1 Å². The Labute approximate surface area is 123 Å². The molecule has 0 bridgehead atoms. The maximum Gasteiger partial charge on any atom is 0.243 e. The summed E-state index contributed by atoms with van der Waals surface area (Å²) in [5.74, 6) is -0.167. The average molecular weight is 309 g/mol. The lowest BCUT2D eigenvalue weighted by Crippen LogP contribution is -2.24. The predicted molar refractivity (Wildman–Crippen MR) is 78.0 cm³/mol. The summed E-state index contributed by atoms with van der Waals surface area (Å²) in [6, 6.07) is 12.4. The van der Waals surface area contributed by atoms with Crippen LogP contribution in [0.5, 0.6) is 5.75 Å². The molecule has 0 aliphatic heterocycles. The lowest BCUT2D eigenvalue weighted by Gasteiger charge is -2.11. The zero-order valence-electron chi connectivity index (χ0n) is 11.5. The van der Waals surface area contributed by atoms with Crippen LogP contribution in [0.3, 0.4) is 0 Å². The molecule has 0 unspecified atom stereocenters. The van der Waals surface area contributed by atoms with Crippen molar-refractivity contribution in [2.75, 3.05) is 6.61 Å². The van der Waals surface area contributed by atoms with E-state index in [9.17, 15) is 12.8 Å². The molecule has 0 aliphatic carbocycles. The van der Waals surface area contributed by atoms with E-state index in [1.165, 1.54) is 18.2 Å². The second-order valence-corrected chi connectivity index (χ2v) is 6.03. The van der Waals surface area contributed by atoms with Gasteiger partial charge in [-0.1, -0.05) is 30.3 Å². The molecule has 112 valence electrons. The van der Waals surface area contributed by atoms with Crippen LogP contribution in [0.15, 0.2) is 53.4 Å². The smallest absolute Gasteiger partial charge is 0.243 e. The van der Waals surface area contributed by atoms with E-state index in [2.05, 4.69) is 4.72 Å². The molecule has 21 heavy (non-hydrogen) atoms. The molecule has 0 heterocycles. The van der Waals surface area contributed by atoms with E-state index in [-0.39, 0.29) is 11.4 Å². The topological polar surface area (TPSA) is 55.4 Å². The van der Waals surface area contributed by atoms with Crippen molar-refractivity contribution in [3.8, 4) is 5.75 Å². The molecule has 0 aliphatic rings. The third-order valence-electron chi connectivity index (χ3n) is 2.85. The van der Waals surface area contributed by atoms with Crippen molar-refractivity contribution in [3.63, 3.8) is 0 Å². The van der Waals surface area contributed by atoms with Crippen LogP contribution in [0.4, 0.5) is 4.39 Å². The minimum Gasteiger partial charge on any atom is -0.494 e. The summed E-state index contributed by atoms with van der Waals surface area (Å²) in [6.45, 7) is 2.37. The highest BCUT2D eigenvalue weighted by atomic mass is 32.2. The standard InChI is InChI=1S/C15H16FNO3S/c1-2-20-14-9-5-3-7-12(14)11-17-21(18,19)15-10-6-4-8-13(15)16/h3-10,17H,2,11H2,1H3. The fourth-order valence-electron chi connectivity index (χ4n) is 1.86. The van der Waals surface area contributed by atoms with Gasteiger partial charge in [-0.25, -0.2) is 17.5 Å². The van der Waals surface area contributed by atoms with Gasteiger partial charge in [-0.3, -0.25) is 0 Å². The van der Waals surface area contributed by atoms with Crippen molar-refractivity contribution in [2.24, 2.45) is 0 Å². The van der Waals surface area contributed by atoms with Crippen molar-refractivity contribution in [2.45, 2.75) is 18.4 Å². The monoisotopic (exact) mass is 309 g/mol. The second kappa shape index (κ2) is 6.69. The van der Waals surface area contributed by atoms with Crippen molar-refractivity contribution < 1.29 is 17.5 Å². The van der Waals surface area contributed by atoms with Gasteiger partial charge in [0.05, 0.1) is 6.61 Å². The summed E-state index contributed by atoms with van der Waals surface area (Å²) in [4.78, 5) is -0.362. The molecule has 0 atom stereocenters. The van der Waals surface area contributed by atoms with E-state index >= 15 is 0 Å². The van der Waals surface area contributed by atoms with Crippen LogP contribution in [0, 0.1) is 5.82 Å². The highest BCUT2D eigenvalue weighted by Gasteiger charge is 2.18. The van der Waals surface area contributed by atoms with Crippen molar-refractivity contribution in [1.29, 1.82) is 0 Å². The first-order valence-electron chi connectivity index (χ1n) is 6.49. The second-order valence-electron chi connectivity index (χ2n) is 4.30. The van der Waals surface area contributed by atoms with Gasteiger partial charge in [0.25, 0.3) is 0 Å². The average Bonchev–Trinajstić information content (AvgIpc) is 2.47. The molecule has 0 saturated heterocycles. The van der Waals surface area contributed by atoms with Gasteiger partial charge in [0, 0.05) is 12.1 Å². The summed E-state index contributed by atoms with van der Waals surface area (Å²) in [6.07, 6.45) is 0. The van der Waals surface area contributed by atoms with Gasteiger partial charge in [0.15, 0.2) is 0 Å². The molecule has 0 amide bonds. The maximum atomic E-state index is 13.6. The van der Waals surface area contributed by atoms with E-state index < -0.39 is 15.8 Å². The molecule has 0 spiro atoms. The van der Waals surface area contributed by atoms with Gasteiger partial charge < -0.3 is 4.74 Å². The fourth-order valence-corrected chi connectivity index (χ4v) is 2.94. The van der Waals surface area contributed by atoms with Crippen LogP contribution in [0.2, 0.25) is 0 Å². The third kappa shape index (κ3) is 3.80. The summed E-state index contributed by atoms with van der Waals surface area (Å²) in [5, 5.41) is 0. The lowest BCUT2D eigenvalue weighted by atomic mass is 10.2. The number of rotatable bonds is 6. The Kier molecular flexibility index (Phi) is 4.93. The molecular weight excluding hydrogens is 293 g/mol. The first-order valence-corrected chi connectivity index (χ1v) is 7.98. The lowest BCUT2D eigenvalue weighted by molar-refractivity contribution is 0.336. The molecule has 2 rings (SSSR count). The zero-order valence-corrected chi connectivity index (χ0v) is 12.4. The summed E-state index contributed by atoms with van der Waals surface area (Å²) < 4.78 is 45.6. The van der Waals surface area contributed by atoms with Gasteiger partial charge in [-0.2, -0.15) is 0 Å². The number of sulfonamides is 1. The highest BCUT2D eigenvalue weighted by molar-refractivity contribution is 7.89. The van der Waals surface area contributed by atoms with E-state index in [4.69, 9.17) is 4.74 Å². The number of hydrogen-bond acceptors (Lipinski definition) is 3. The molecule has 2 aromatic rings. The van der Waals surface area contributed by atoms with Crippen molar-refractivity contribution >= 4 is 10.0 Å². The Morgan fingerprint density at radius 2 is 1.76 bits per heavy atom. The molecule has 1 N–H and O–H groups in total. The Hall–Kier alpha value is -1.92. The highest BCUT2D eigenvalue weighted by Crippen LogP contribution is 2.19. The van der Waals surface area contributed by atoms with E-state index in [0.717, 1.165) is 6.07 Å². The van der Waals surface area contributed by atoms with Crippen LogP contribution >= 0.6 is 0 Å². The summed E-state index contributed by atoms with van der Waals surface area (Å²) in [7, 11) is -3.90. The van der Waals surface area contributed by atoms with Crippen LogP contribution < -0.4 is 9.46 Å². The quantitative estimate of drug-likeness (QED) is 0.892. The number of benzene rings is 2. The Morgan fingerprint density at radius 3 is 2.48 bits per heavy atom. The molecule has 6 heteroatoms. The number of ether oxygens (including phenoxy) is 1. The van der Waals surface area contributed by atoms with Gasteiger partial charge in [-0.15, -0.1) is 0 Å². The van der Waals surface area contributed by atoms with Crippen molar-refractivity contribution in [1.82, 2.24) is 4.72 Å². The van der Waals surface area contributed by atoms with Gasteiger partial charge >= 0.3 is 0 Å². The minimum atomic E-state index is -3.90. The van der Waals surface area contributed by atoms with Crippen LogP contribution in [0.1, 0.15) is 12.5 Å². The van der Waals surface area contributed by atoms with Crippen molar-refractivity contribution in [3.05, 3.63) is 59.9 Å². The normalized spacial score (nSPS) is 11.3. The number of para-hydroxylation sites is 1. The molecule has 0 radical (unpaired) electrons. The Balaban J connectivity index is 2.18. The number of halogens is 1. The third-order valence-corrected chi connectivity index (χ3v) is 4.29. The molecule has 0 fully saturated rings. The number of hydrogen-bond donors (Lipinski definition) is 1. The van der Waals surface area contributed by atoms with E-state index in [1.54, 1.807) is 24.3 Å². The predicted octanol–water partition coefficient (Wildman–Crippen LogP) is 2.70. The molecular formula is C15H16FNO3S. The van der Waals surface area contributed by atoms with Gasteiger partial charge in [0.1, 0.15) is 16.5 Å². The minimum absolute atomic E-state index is 0.0346. The zero-order chi connectivity index (χ0) is 15.3. The maximum absolute atomic E-state index is 13.6. The molecule has 0 saturated carbocycles. The van der Waals surface area contributed by atoms with Crippen LogP contribution in [0.25, 0.3) is 0 Å². The van der Waals surface area contributed by atoms with Crippen LogP contribution in [-0.2, 0) is 16.6 Å². The Morgan fingerprint density at radius 1 is 1.10 bits per heavy atom. The molecule has 4 nitrogen and oxygen atoms in total. The fraction of sp³-hybridized carbons (Fsp3) is 0.200. The van der Waals surface area contributed by atoms with Gasteiger partial charge in [0.2, 0.25) is 10.0 Å². The largest absolute Gasteiger partial charge is 0.494 e. The Bertz CT molecular complexity index is 716.